The molecular weight excluding hydrogens is 226 g/mol. The van der Waals surface area contributed by atoms with Crippen molar-refractivity contribution in [3.63, 3.8) is 0 Å². The molecule has 0 amide bonds. The van der Waals surface area contributed by atoms with Crippen LogP contribution < -0.4 is 15.4 Å². The zero-order valence-electron chi connectivity index (χ0n) is 11.1. The number of nitrogens with two attached hydrogens (primary N) is 1. The van der Waals surface area contributed by atoms with E-state index in [-0.39, 0.29) is 5.41 Å². The van der Waals surface area contributed by atoms with Crippen molar-refractivity contribution < 1.29 is 4.74 Å². The zero-order valence-corrected chi connectivity index (χ0v) is 11.1. The maximum absolute atomic E-state index is 7.43. The molecule has 1 saturated carbocycles. The van der Waals surface area contributed by atoms with E-state index < -0.39 is 0 Å². The first-order chi connectivity index (χ1) is 8.54. The van der Waals surface area contributed by atoms with Gasteiger partial charge >= 0.3 is 0 Å². The fourth-order valence-corrected chi connectivity index (χ4v) is 2.40. The number of nitrogens with one attached hydrogen (secondary N) is 1. The minimum atomic E-state index is 0.237. The molecule has 2 rings (SSSR count). The molecule has 98 valence electrons. The maximum Gasteiger partial charge on any atom is 0.119 e. The smallest absolute Gasteiger partial charge is 0.119 e. The van der Waals surface area contributed by atoms with E-state index in [0.717, 1.165) is 12.3 Å². The van der Waals surface area contributed by atoms with Crippen LogP contribution in [-0.2, 0) is 0 Å². The second-order valence-corrected chi connectivity index (χ2v) is 5.26. The summed E-state index contributed by atoms with van der Waals surface area (Å²) in [6.07, 6.45) is 3.06. The summed E-state index contributed by atoms with van der Waals surface area (Å²) in [4.78, 5) is 2.23. The molecule has 0 aromatic heterocycles. The second-order valence-electron chi connectivity index (χ2n) is 5.26. The zero-order chi connectivity index (χ0) is 13.2. The van der Waals surface area contributed by atoms with Crippen molar-refractivity contribution in [2.24, 2.45) is 11.1 Å². The summed E-state index contributed by atoms with van der Waals surface area (Å²) in [6.45, 7) is 0.957. The molecule has 1 aliphatic carbocycles. The van der Waals surface area contributed by atoms with E-state index in [1.165, 1.54) is 18.5 Å². The lowest BCUT2D eigenvalue weighted by Gasteiger charge is -2.25. The summed E-state index contributed by atoms with van der Waals surface area (Å²) < 4.78 is 5.15. The summed E-state index contributed by atoms with van der Waals surface area (Å²) in [7, 11) is 3.76. The lowest BCUT2D eigenvalue weighted by Crippen LogP contribution is -2.29. The van der Waals surface area contributed by atoms with Crippen LogP contribution in [0, 0.1) is 10.8 Å². The van der Waals surface area contributed by atoms with Crippen LogP contribution in [0.2, 0.25) is 0 Å². The molecule has 1 aromatic carbocycles. The topological polar surface area (TPSA) is 62.3 Å². The molecular formula is C14H21N3O. The monoisotopic (exact) mass is 247 g/mol. The Morgan fingerprint density at radius 2 is 2.00 bits per heavy atom. The Morgan fingerprint density at radius 3 is 2.44 bits per heavy atom. The number of anilines is 1. The number of nitrogens with zero attached hydrogens (tertiary/aromatic N) is 1. The first kappa shape index (κ1) is 12.7. The van der Waals surface area contributed by atoms with E-state index in [1.54, 1.807) is 7.11 Å². The SMILES string of the molecule is COc1ccc(N(C)CC2(CC(=N)N)CC2)cc1. The first-order valence-electron chi connectivity index (χ1n) is 6.23. The van der Waals surface area contributed by atoms with Crippen molar-refractivity contribution >= 4 is 11.5 Å². The van der Waals surface area contributed by atoms with Crippen molar-refractivity contribution in [3.8, 4) is 5.75 Å². The molecule has 0 aliphatic heterocycles. The summed E-state index contributed by atoms with van der Waals surface area (Å²) in [5, 5.41) is 7.43. The van der Waals surface area contributed by atoms with Crippen molar-refractivity contribution in [3.05, 3.63) is 24.3 Å². The molecule has 0 bridgehead atoms. The van der Waals surface area contributed by atoms with Gasteiger partial charge in [0, 0.05) is 25.7 Å². The molecule has 1 aliphatic rings. The van der Waals surface area contributed by atoms with Crippen molar-refractivity contribution in [1.82, 2.24) is 0 Å². The van der Waals surface area contributed by atoms with Crippen molar-refractivity contribution in [2.75, 3.05) is 25.6 Å². The molecule has 0 atom stereocenters. The number of amidine groups is 1. The quantitative estimate of drug-likeness (QED) is 0.598. The van der Waals surface area contributed by atoms with Gasteiger partial charge in [-0.05, 0) is 42.5 Å². The molecule has 1 fully saturated rings. The highest BCUT2D eigenvalue weighted by molar-refractivity contribution is 5.78. The number of methoxy groups -OCH3 is 1. The molecule has 1 aromatic rings. The molecule has 0 heterocycles. The lowest BCUT2D eigenvalue weighted by atomic mass is 10.0. The summed E-state index contributed by atoms with van der Waals surface area (Å²) in [5.41, 5.74) is 6.93. The molecule has 0 radical (unpaired) electrons. The number of rotatable bonds is 6. The predicted octanol–water partition coefficient (Wildman–Crippen LogP) is 2.24. The number of ether oxygens (including phenoxy) is 1. The van der Waals surface area contributed by atoms with E-state index >= 15 is 0 Å². The predicted molar refractivity (Wildman–Crippen MR) is 74.5 cm³/mol. The van der Waals surface area contributed by atoms with Gasteiger partial charge in [0.25, 0.3) is 0 Å². The largest absolute Gasteiger partial charge is 0.497 e. The highest BCUT2D eigenvalue weighted by Crippen LogP contribution is 2.49. The van der Waals surface area contributed by atoms with Crippen LogP contribution in [0.5, 0.6) is 5.75 Å². The number of hydrogen-bond donors (Lipinski definition) is 2. The Hall–Kier alpha value is -1.71. The van der Waals surface area contributed by atoms with Crippen LogP contribution >= 0.6 is 0 Å². The third-order valence-corrected chi connectivity index (χ3v) is 3.61. The fraction of sp³-hybridized carbons (Fsp3) is 0.500. The second kappa shape index (κ2) is 4.88. The number of hydrogen-bond acceptors (Lipinski definition) is 3. The Kier molecular flexibility index (Phi) is 3.45. The molecule has 0 saturated heterocycles. The van der Waals surface area contributed by atoms with Crippen LogP contribution in [0.3, 0.4) is 0 Å². The van der Waals surface area contributed by atoms with Crippen molar-refractivity contribution in [2.45, 2.75) is 19.3 Å². The van der Waals surface area contributed by atoms with Gasteiger partial charge in [-0.25, -0.2) is 0 Å². The van der Waals surface area contributed by atoms with Crippen molar-refractivity contribution in [1.29, 1.82) is 5.41 Å². The van der Waals surface area contributed by atoms with Gasteiger partial charge in [-0.1, -0.05) is 0 Å². The molecule has 0 unspecified atom stereocenters. The molecule has 0 spiro atoms. The number of benzene rings is 1. The Balaban J connectivity index is 1.98. The van der Waals surface area contributed by atoms with Gasteiger partial charge < -0.3 is 15.4 Å². The van der Waals surface area contributed by atoms with Gasteiger partial charge in [0.05, 0.1) is 12.9 Å². The molecule has 18 heavy (non-hydrogen) atoms. The third kappa shape index (κ3) is 2.94. The van der Waals surface area contributed by atoms with E-state index in [9.17, 15) is 0 Å². The van der Waals surface area contributed by atoms with Crippen LogP contribution in [0.1, 0.15) is 19.3 Å². The lowest BCUT2D eigenvalue weighted by molar-refractivity contribution is 0.415. The van der Waals surface area contributed by atoms with Crippen LogP contribution in [0.15, 0.2) is 24.3 Å². The van der Waals surface area contributed by atoms with Crippen LogP contribution in [-0.4, -0.2) is 26.5 Å². The standard InChI is InChI=1S/C14H21N3O/c1-17(10-14(7-8-14)9-13(15)16)11-3-5-12(18-2)6-4-11/h3-6H,7-10H2,1-2H3,(H3,15,16). The maximum atomic E-state index is 7.43. The van der Waals surface area contributed by atoms with Crippen LogP contribution in [0.25, 0.3) is 0 Å². The highest BCUT2D eigenvalue weighted by atomic mass is 16.5. The van der Waals surface area contributed by atoms with Crippen LogP contribution in [0.4, 0.5) is 5.69 Å². The normalized spacial score (nSPS) is 16.1. The first-order valence-corrected chi connectivity index (χ1v) is 6.23. The van der Waals surface area contributed by atoms with Gasteiger partial charge in [-0.3, -0.25) is 5.41 Å². The molecule has 4 heteroatoms. The molecule has 3 N–H and O–H groups in total. The average Bonchev–Trinajstić information content (AvgIpc) is 3.07. The fourth-order valence-electron chi connectivity index (χ4n) is 2.40. The third-order valence-electron chi connectivity index (χ3n) is 3.61. The van der Waals surface area contributed by atoms with E-state index in [0.29, 0.717) is 12.3 Å². The Labute approximate surface area is 108 Å². The van der Waals surface area contributed by atoms with Gasteiger partial charge in [0.15, 0.2) is 0 Å². The minimum Gasteiger partial charge on any atom is -0.497 e. The Morgan fingerprint density at radius 1 is 1.39 bits per heavy atom. The average molecular weight is 247 g/mol. The summed E-state index contributed by atoms with van der Waals surface area (Å²) in [6, 6.07) is 8.05. The highest BCUT2D eigenvalue weighted by Gasteiger charge is 2.43. The van der Waals surface area contributed by atoms with Gasteiger partial charge in [-0.15, -0.1) is 0 Å². The van der Waals surface area contributed by atoms with E-state index in [1.807, 2.05) is 12.1 Å². The van der Waals surface area contributed by atoms with Gasteiger partial charge in [0.2, 0.25) is 0 Å². The summed E-state index contributed by atoms with van der Waals surface area (Å²) in [5.74, 6) is 1.17. The Bertz CT molecular complexity index is 423. The van der Waals surface area contributed by atoms with E-state index in [2.05, 4.69) is 24.1 Å². The minimum absolute atomic E-state index is 0.237. The van der Waals surface area contributed by atoms with Gasteiger partial charge in [0.1, 0.15) is 5.75 Å². The van der Waals surface area contributed by atoms with E-state index in [4.69, 9.17) is 15.9 Å². The molecule has 4 nitrogen and oxygen atoms in total. The van der Waals surface area contributed by atoms with Gasteiger partial charge in [-0.2, -0.15) is 0 Å². The summed E-state index contributed by atoms with van der Waals surface area (Å²) >= 11 is 0.